The normalized spacial score (nSPS) is 26.4. The highest BCUT2D eigenvalue weighted by atomic mass is 16.6. The van der Waals surface area contributed by atoms with Gasteiger partial charge in [-0.3, -0.25) is 38.8 Å². The van der Waals surface area contributed by atoms with E-state index in [4.69, 9.17) is 18.9 Å². The lowest BCUT2D eigenvalue weighted by molar-refractivity contribution is -0.168. The molecule has 0 bridgehead atoms. The minimum Gasteiger partial charge on any atom is -0.462 e. The van der Waals surface area contributed by atoms with Crippen molar-refractivity contribution in [2.24, 2.45) is 0 Å². The minimum absolute atomic E-state index is 0.102. The fourth-order valence-corrected chi connectivity index (χ4v) is 12.4. The number of esters is 4. The molecule has 68 heavy (non-hydrogen) atoms. The van der Waals surface area contributed by atoms with E-state index in [9.17, 15) is 19.2 Å². The Morgan fingerprint density at radius 3 is 0.809 bits per heavy atom. The van der Waals surface area contributed by atoms with Crippen LogP contribution in [0.4, 0.5) is 0 Å². The third kappa shape index (κ3) is 15.1. The zero-order chi connectivity index (χ0) is 51.6. The first kappa shape index (κ1) is 58.2. The number of ether oxygens (including phenoxy) is 4. The monoisotopic (exact) mass is 961 g/mol. The van der Waals surface area contributed by atoms with E-state index in [0.717, 1.165) is 25.7 Å². The molecule has 0 aromatic heterocycles. The van der Waals surface area contributed by atoms with Gasteiger partial charge >= 0.3 is 23.9 Å². The van der Waals surface area contributed by atoms with Crippen molar-refractivity contribution in [3.05, 3.63) is 0 Å². The van der Waals surface area contributed by atoms with Gasteiger partial charge in [0.1, 0.15) is 36.5 Å². The third-order valence-electron chi connectivity index (χ3n) is 17.4. The van der Waals surface area contributed by atoms with Crippen LogP contribution in [-0.4, -0.2) is 166 Å². The smallest absolute Gasteiger partial charge is 0.324 e. The third-order valence-corrected chi connectivity index (χ3v) is 17.4. The molecule has 0 spiro atoms. The Balaban J connectivity index is 1.35. The van der Waals surface area contributed by atoms with Crippen molar-refractivity contribution in [3.8, 4) is 0 Å². The number of nitrogens with zero attached hydrogens (tertiary/aromatic N) is 4. The molecule has 0 aromatic rings. The van der Waals surface area contributed by atoms with Gasteiger partial charge in [-0.05, 0) is 165 Å². The molecule has 0 saturated carbocycles. The highest BCUT2D eigenvalue weighted by Crippen LogP contribution is 2.42. The van der Waals surface area contributed by atoms with Gasteiger partial charge in [-0.1, -0.05) is 12.8 Å². The van der Waals surface area contributed by atoms with Gasteiger partial charge in [0.25, 0.3) is 0 Å². The van der Waals surface area contributed by atoms with Crippen molar-refractivity contribution in [2.45, 2.75) is 281 Å². The Morgan fingerprint density at radius 1 is 0.382 bits per heavy atom. The summed E-state index contributed by atoms with van der Waals surface area (Å²) in [5, 5.41) is 6.77. The number of piperidine rings is 4. The quantitative estimate of drug-likeness (QED) is 0.0733. The molecule has 0 aromatic carbocycles. The Morgan fingerprint density at radius 2 is 0.588 bits per heavy atom. The second-order valence-electron chi connectivity index (χ2n) is 26.5. The molecule has 0 amide bonds. The number of nitrogens with one attached hydrogen (secondary N) is 2. The topological polar surface area (TPSA) is 142 Å². The number of rotatable bonds is 19. The van der Waals surface area contributed by atoms with E-state index in [2.05, 4.69) is 169 Å². The van der Waals surface area contributed by atoms with Crippen LogP contribution in [0.15, 0.2) is 0 Å². The zero-order valence-electron chi connectivity index (χ0n) is 46.8. The van der Waals surface area contributed by atoms with Gasteiger partial charge in [-0.2, -0.15) is 0 Å². The number of hydrogen-bond acceptors (Lipinski definition) is 14. The summed E-state index contributed by atoms with van der Waals surface area (Å²) in [6, 6.07) is -1.66. The number of unbranched alkanes of at least 4 members (excludes halogenated alkanes) is 3. The lowest BCUT2D eigenvalue weighted by Crippen LogP contribution is -2.61. The Bertz CT molecular complexity index is 1540. The molecule has 0 unspecified atom stereocenters. The van der Waals surface area contributed by atoms with E-state index >= 15 is 0 Å². The van der Waals surface area contributed by atoms with Crippen LogP contribution >= 0.6 is 0 Å². The van der Waals surface area contributed by atoms with Crippen LogP contribution in [0.1, 0.15) is 201 Å². The molecule has 4 aliphatic rings. The van der Waals surface area contributed by atoms with E-state index < -0.39 is 36.0 Å². The molecule has 14 heteroatoms. The number of carbonyl (C=O) groups is 4. The van der Waals surface area contributed by atoms with Crippen LogP contribution in [0.2, 0.25) is 0 Å². The van der Waals surface area contributed by atoms with Crippen LogP contribution in [0, 0.1) is 0 Å². The van der Waals surface area contributed by atoms with E-state index in [1.165, 1.54) is 0 Å². The molecule has 14 nitrogen and oxygen atoms in total. The molecule has 0 radical (unpaired) electrons. The van der Waals surface area contributed by atoms with Crippen molar-refractivity contribution < 1.29 is 38.1 Å². The first-order valence-corrected chi connectivity index (χ1v) is 26.1. The molecule has 4 saturated heterocycles. The summed E-state index contributed by atoms with van der Waals surface area (Å²) in [4.78, 5) is 64.6. The summed E-state index contributed by atoms with van der Waals surface area (Å²) < 4.78 is 24.7. The highest BCUT2D eigenvalue weighted by molar-refractivity contribution is 5.83. The first-order valence-electron chi connectivity index (χ1n) is 26.1. The van der Waals surface area contributed by atoms with Gasteiger partial charge in [0.15, 0.2) is 0 Å². The molecular formula is C54H100N6O8. The molecule has 4 aliphatic heterocycles. The molecule has 394 valence electrons. The van der Waals surface area contributed by atoms with Crippen molar-refractivity contribution in [1.29, 1.82) is 0 Å². The van der Waals surface area contributed by atoms with Gasteiger partial charge in [-0.15, -0.1) is 0 Å². The summed E-state index contributed by atoms with van der Waals surface area (Å²) in [7, 11) is 8.50. The Kier molecular flexibility index (Phi) is 18.6. The van der Waals surface area contributed by atoms with Crippen LogP contribution in [-0.2, 0) is 38.1 Å². The summed E-state index contributed by atoms with van der Waals surface area (Å²) >= 11 is 0. The standard InChI is InChI=1S/C54H100N6O8/c1-47(2)29-37(30-48(3,4)57(47)17)65-43(61)27-41(45(63)67-39-33-51(9,10)59(19)52(11,12)34-39)55-25-23-21-22-24-26-56-42(46(64)68-40-35-53(13,14)60(20)54(15,16)36-40)28-44(62)66-38-31-49(5,6)58(18)50(7,8)32-38/h37-42,55-56H,21-36H2,1-20H3/t41-,42-/m0/s1. The average molecular weight is 961 g/mol. The van der Waals surface area contributed by atoms with E-state index in [1.54, 1.807) is 0 Å². The summed E-state index contributed by atoms with van der Waals surface area (Å²) in [6.45, 7) is 35.9. The number of hydrogen-bond donors (Lipinski definition) is 2. The largest absolute Gasteiger partial charge is 0.462 e. The maximum atomic E-state index is 14.0. The molecule has 4 heterocycles. The second kappa shape index (κ2) is 21.8. The number of carbonyl (C=O) groups excluding carboxylic acids is 4. The second-order valence-corrected chi connectivity index (χ2v) is 26.5. The Labute approximate surface area is 413 Å². The zero-order valence-corrected chi connectivity index (χ0v) is 46.8. The van der Waals surface area contributed by atoms with Gasteiger partial charge in [0, 0.05) is 95.7 Å². The molecule has 0 aliphatic carbocycles. The van der Waals surface area contributed by atoms with Crippen molar-refractivity contribution in [3.63, 3.8) is 0 Å². The van der Waals surface area contributed by atoms with Crippen LogP contribution in [0.5, 0.6) is 0 Å². The minimum atomic E-state index is -0.832. The van der Waals surface area contributed by atoms with Gasteiger partial charge < -0.3 is 29.6 Å². The predicted octanol–water partition coefficient (Wildman–Crippen LogP) is 8.02. The van der Waals surface area contributed by atoms with Crippen LogP contribution < -0.4 is 10.6 Å². The van der Waals surface area contributed by atoms with E-state index in [1.807, 2.05) is 0 Å². The molecule has 2 atom stereocenters. The molecule has 2 N–H and O–H groups in total. The van der Waals surface area contributed by atoms with E-state index in [0.29, 0.717) is 64.5 Å². The van der Waals surface area contributed by atoms with Crippen LogP contribution in [0.25, 0.3) is 0 Å². The predicted molar refractivity (Wildman–Crippen MR) is 271 cm³/mol. The first-order chi connectivity index (χ1) is 30.9. The fourth-order valence-electron chi connectivity index (χ4n) is 12.4. The molecule has 4 fully saturated rings. The van der Waals surface area contributed by atoms with Crippen molar-refractivity contribution in [1.82, 2.24) is 30.2 Å². The van der Waals surface area contributed by atoms with E-state index in [-0.39, 0.29) is 81.6 Å². The Hall–Kier alpha value is -2.36. The van der Waals surface area contributed by atoms with Crippen molar-refractivity contribution >= 4 is 23.9 Å². The van der Waals surface area contributed by atoms with Crippen LogP contribution in [0.3, 0.4) is 0 Å². The summed E-state index contributed by atoms with van der Waals surface area (Å²) in [5.41, 5.74) is -1.24. The van der Waals surface area contributed by atoms with Gasteiger partial charge in [-0.25, -0.2) is 0 Å². The SMILES string of the molecule is CN1C(C)(C)CC(OC(=O)C[C@H](NCCCCCCN[C@@H](CC(=O)OC2CC(C)(C)N(C)C(C)(C)C2)C(=O)OC2CC(C)(C)N(C)C(C)(C)C2)C(=O)OC2CC(C)(C)N(C)C(C)(C)C2)CC1(C)C. The lowest BCUT2D eigenvalue weighted by atomic mass is 9.78. The molecular weight excluding hydrogens is 861 g/mol. The maximum Gasteiger partial charge on any atom is 0.324 e. The lowest BCUT2D eigenvalue weighted by Gasteiger charge is -2.53. The molecule has 4 rings (SSSR count). The average Bonchev–Trinajstić information content (AvgIpc) is 3.16. The highest BCUT2D eigenvalue weighted by Gasteiger charge is 2.49. The van der Waals surface area contributed by atoms with Gasteiger partial charge in [0.2, 0.25) is 0 Å². The fraction of sp³-hybridized carbons (Fsp3) is 0.926. The maximum absolute atomic E-state index is 14.0. The summed E-state index contributed by atoms with van der Waals surface area (Å²) in [5.74, 6) is -1.61. The van der Waals surface area contributed by atoms with Crippen molar-refractivity contribution in [2.75, 3.05) is 41.3 Å². The summed E-state index contributed by atoms with van der Waals surface area (Å²) in [6.07, 6.45) is 7.68. The van der Waals surface area contributed by atoms with Gasteiger partial charge in [0.05, 0.1) is 12.8 Å². The number of likely N-dealkylation sites (tertiary alicyclic amines) is 4.